The summed E-state index contributed by atoms with van der Waals surface area (Å²) in [6.45, 7) is 1.04. The summed E-state index contributed by atoms with van der Waals surface area (Å²) >= 11 is 0. The van der Waals surface area contributed by atoms with Gasteiger partial charge in [-0.2, -0.15) is 4.98 Å². The Hall–Kier alpha value is -0.940. The number of hydrogen-bond donors (Lipinski definition) is 1. The lowest BCUT2D eigenvalue weighted by Crippen LogP contribution is -2.29. The number of hydrogen-bond acceptors (Lipinski definition) is 5. The Morgan fingerprint density at radius 1 is 1.10 bits per heavy atom. The third-order valence-corrected chi connectivity index (χ3v) is 5.01. The highest BCUT2D eigenvalue weighted by Crippen LogP contribution is 2.38. The first-order valence-electron chi connectivity index (χ1n) is 8.47. The van der Waals surface area contributed by atoms with Crippen LogP contribution in [0.15, 0.2) is 4.52 Å². The van der Waals surface area contributed by atoms with E-state index in [1.54, 1.807) is 7.11 Å². The maximum absolute atomic E-state index is 5.86. The van der Waals surface area contributed by atoms with Crippen molar-refractivity contribution in [2.45, 2.75) is 75.9 Å². The van der Waals surface area contributed by atoms with E-state index in [0.717, 1.165) is 37.5 Å². The molecular weight excluding hydrogens is 266 g/mol. The van der Waals surface area contributed by atoms with Crippen molar-refractivity contribution < 1.29 is 9.26 Å². The van der Waals surface area contributed by atoms with Crippen LogP contribution in [0.4, 0.5) is 0 Å². The van der Waals surface area contributed by atoms with E-state index in [1.807, 2.05) is 0 Å². The van der Waals surface area contributed by atoms with E-state index in [9.17, 15) is 0 Å². The quantitative estimate of drug-likeness (QED) is 0.865. The van der Waals surface area contributed by atoms with E-state index in [4.69, 9.17) is 14.2 Å². The topological polar surface area (TPSA) is 60.2 Å². The highest BCUT2D eigenvalue weighted by molar-refractivity contribution is 5.04. The largest absolute Gasteiger partial charge is 0.370 e. The van der Waals surface area contributed by atoms with Crippen molar-refractivity contribution in [2.75, 3.05) is 13.7 Å². The van der Waals surface area contributed by atoms with Gasteiger partial charge in [0.15, 0.2) is 0 Å². The summed E-state index contributed by atoms with van der Waals surface area (Å²) < 4.78 is 11.4. The molecule has 1 aliphatic carbocycles. The van der Waals surface area contributed by atoms with Crippen molar-refractivity contribution >= 4 is 0 Å². The van der Waals surface area contributed by atoms with Gasteiger partial charge in [0.05, 0.1) is 6.04 Å². The smallest absolute Gasteiger partial charge is 0.243 e. The summed E-state index contributed by atoms with van der Waals surface area (Å²) in [5, 5.41) is 7.80. The van der Waals surface area contributed by atoms with E-state index in [0.29, 0.717) is 0 Å². The number of aromatic nitrogens is 2. The van der Waals surface area contributed by atoms with Crippen LogP contribution in [0.5, 0.6) is 0 Å². The number of ether oxygens (including phenoxy) is 1. The lowest BCUT2D eigenvalue weighted by Gasteiger charge is -2.27. The number of nitrogens with one attached hydrogen (secondary N) is 1. The fourth-order valence-corrected chi connectivity index (χ4v) is 3.62. The zero-order valence-corrected chi connectivity index (χ0v) is 13.1. The van der Waals surface area contributed by atoms with Crippen molar-refractivity contribution in [1.29, 1.82) is 0 Å². The van der Waals surface area contributed by atoms with Crippen LogP contribution in [-0.2, 0) is 10.3 Å². The van der Waals surface area contributed by atoms with Gasteiger partial charge < -0.3 is 14.6 Å². The zero-order chi connectivity index (χ0) is 14.5. The fraction of sp³-hybridized carbons (Fsp3) is 0.875. The van der Waals surface area contributed by atoms with Crippen LogP contribution in [0.25, 0.3) is 0 Å². The number of methoxy groups -OCH3 is 1. The molecule has 1 saturated carbocycles. The molecule has 1 N–H and O–H groups in total. The van der Waals surface area contributed by atoms with Crippen LogP contribution in [0.1, 0.15) is 82.0 Å². The Kier molecular flexibility index (Phi) is 4.91. The second-order valence-corrected chi connectivity index (χ2v) is 6.42. The lowest BCUT2D eigenvalue weighted by molar-refractivity contribution is -0.0365. The molecule has 118 valence electrons. The predicted molar refractivity (Wildman–Crippen MR) is 79.9 cm³/mol. The van der Waals surface area contributed by atoms with Gasteiger partial charge >= 0.3 is 0 Å². The molecule has 1 aromatic heterocycles. The summed E-state index contributed by atoms with van der Waals surface area (Å²) in [5.41, 5.74) is -0.330. The highest BCUT2D eigenvalue weighted by atomic mass is 16.5. The highest BCUT2D eigenvalue weighted by Gasteiger charge is 2.38. The van der Waals surface area contributed by atoms with Crippen molar-refractivity contribution in [3.63, 3.8) is 0 Å². The van der Waals surface area contributed by atoms with Crippen LogP contribution in [0, 0.1) is 0 Å². The molecule has 2 heterocycles. The van der Waals surface area contributed by atoms with E-state index >= 15 is 0 Å². The second kappa shape index (κ2) is 6.88. The van der Waals surface area contributed by atoms with Crippen LogP contribution in [-0.4, -0.2) is 23.8 Å². The van der Waals surface area contributed by atoms with Gasteiger partial charge in [-0.15, -0.1) is 0 Å². The van der Waals surface area contributed by atoms with Crippen molar-refractivity contribution in [3.05, 3.63) is 11.7 Å². The molecule has 1 aliphatic heterocycles. The molecule has 0 radical (unpaired) electrons. The van der Waals surface area contributed by atoms with Gasteiger partial charge in [0, 0.05) is 7.11 Å². The van der Waals surface area contributed by atoms with Gasteiger partial charge in [-0.25, -0.2) is 0 Å². The van der Waals surface area contributed by atoms with Gasteiger partial charge in [-0.05, 0) is 32.2 Å². The molecule has 3 rings (SSSR count). The molecule has 1 unspecified atom stereocenters. The summed E-state index contributed by atoms with van der Waals surface area (Å²) in [5.74, 6) is 1.50. The summed E-state index contributed by atoms with van der Waals surface area (Å²) in [6.07, 6.45) is 11.7. The van der Waals surface area contributed by atoms with Crippen LogP contribution in [0.3, 0.4) is 0 Å². The number of rotatable bonds is 3. The molecule has 1 aromatic rings. The average molecular weight is 293 g/mol. The minimum Gasteiger partial charge on any atom is -0.370 e. The van der Waals surface area contributed by atoms with Gasteiger partial charge in [-0.1, -0.05) is 43.7 Å². The van der Waals surface area contributed by atoms with E-state index in [1.165, 1.54) is 44.9 Å². The minimum atomic E-state index is -0.330. The van der Waals surface area contributed by atoms with Gasteiger partial charge in [0.2, 0.25) is 11.7 Å². The van der Waals surface area contributed by atoms with Crippen molar-refractivity contribution in [1.82, 2.24) is 15.5 Å². The molecule has 0 spiro atoms. The molecular formula is C16H27N3O2. The third kappa shape index (κ3) is 3.29. The van der Waals surface area contributed by atoms with Crippen LogP contribution >= 0.6 is 0 Å². The Morgan fingerprint density at radius 3 is 2.62 bits per heavy atom. The van der Waals surface area contributed by atoms with Crippen LogP contribution < -0.4 is 5.32 Å². The van der Waals surface area contributed by atoms with Crippen molar-refractivity contribution in [2.24, 2.45) is 0 Å². The monoisotopic (exact) mass is 293 g/mol. The van der Waals surface area contributed by atoms with E-state index in [-0.39, 0.29) is 11.6 Å². The molecule has 0 amide bonds. The molecule has 5 nitrogen and oxygen atoms in total. The maximum Gasteiger partial charge on any atom is 0.243 e. The first-order valence-corrected chi connectivity index (χ1v) is 8.47. The molecule has 2 fully saturated rings. The third-order valence-electron chi connectivity index (χ3n) is 5.01. The number of nitrogens with zero attached hydrogens (tertiary/aromatic N) is 2. The first-order chi connectivity index (χ1) is 10.3. The summed E-state index contributed by atoms with van der Waals surface area (Å²) in [6, 6.07) is 0.216. The summed E-state index contributed by atoms with van der Waals surface area (Å²) in [4.78, 5) is 4.72. The normalized spacial score (nSPS) is 27.0. The van der Waals surface area contributed by atoms with E-state index < -0.39 is 0 Å². The molecule has 2 aliphatic rings. The minimum absolute atomic E-state index is 0.216. The van der Waals surface area contributed by atoms with E-state index in [2.05, 4.69) is 10.5 Å². The fourth-order valence-electron chi connectivity index (χ4n) is 3.62. The molecule has 21 heavy (non-hydrogen) atoms. The Bertz CT molecular complexity index is 430. The second-order valence-electron chi connectivity index (χ2n) is 6.42. The standard InChI is InChI=1S/C16H27N3O2/c1-20-16(10-6-2-3-7-11-16)15-18-14(21-19-15)13-9-5-4-8-12-17-13/h13,17H,2-12H2,1H3. The molecule has 5 heteroatoms. The van der Waals surface area contributed by atoms with Gasteiger partial charge in [0.1, 0.15) is 5.60 Å². The molecule has 1 atom stereocenters. The summed E-state index contributed by atoms with van der Waals surface area (Å²) in [7, 11) is 1.78. The Balaban J connectivity index is 1.78. The van der Waals surface area contributed by atoms with Crippen molar-refractivity contribution in [3.8, 4) is 0 Å². The molecule has 0 aromatic carbocycles. The molecule has 0 bridgehead atoms. The average Bonchev–Trinajstić information content (AvgIpc) is 2.74. The Morgan fingerprint density at radius 2 is 1.86 bits per heavy atom. The Labute approximate surface area is 126 Å². The molecule has 1 saturated heterocycles. The first kappa shape index (κ1) is 15.0. The zero-order valence-electron chi connectivity index (χ0n) is 13.1. The van der Waals surface area contributed by atoms with Crippen LogP contribution in [0.2, 0.25) is 0 Å². The SMILES string of the molecule is COC1(c2noc(C3CCCCCN3)n2)CCCCCC1. The predicted octanol–water partition coefficient (Wildman–Crippen LogP) is 3.47. The van der Waals surface area contributed by atoms with Gasteiger partial charge in [-0.3, -0.25) is 0 Å². The maximum atomic E-state index is 5.86. The van der Waals surface area contributed by atoms with Gasteiger partial charge in [0.25, 0.3) is 0 Å². The lowest BCUT2D eigenvalue weighted by atomic mass is 9.93.